The highest BCUT2D eigenvalue weighted by Crippen LogP contribution is 2.45. The van der Waals surface area contributed by atoms with Crippen molar-refractivity contribution in [1.82, 2.24) is 20.2 Å². The predicted octanol–water partition coefficient (Wildman–Crippen LogP) is 1.99. The van der Waals surface area contributed by atoms with Crippen LogP contribution in [0.4, 0.5) is 0 Å². The SMILES string of the molecule is CC1(C)CCC1C(=O)NC1CCN(Cc2ncccn2)CC1. The molecule has 0 spiro atoms. The molecule has 1 aromatic heterocycles. The van der Waals surface area contributed by atoms with Gasteiger partial charge >= 0.3 is 0 Å². The summed E-state index contributed by atoms with van der Waals surface area (Å²) in [5.41, 5.74) is 0.190. The third kappa shape index (κ3) is 3.46. The van der Waals surface area contributed by atoms with E-state index in [1.165, 1.54) is 6.42 Å². The van der Waals surface area contributed by atoms with E-state index in [-0.39, 0.29) is 17.2 Å². The maximum absolute atomic E-state index is 12.3. The number of rotatable bonds is 4. The second-order valence-corrected chi connectivity index (χ2v) is 7.30. The van der Waals surface area contributed by atoms with Crippen LogP contribution in [0.25, 0.3) is 0 Å². The lowest BCUT2D eigenvalue weighted by Gasteiger charge is -2.44. The van der Waals surface area contributed by atoms with Crippen LogP contribution in [-0.4, -0.2) is 39.9 Å². The molecule has 2 fully saturated rings. The fraction of sp³-hybridized carbons (Fsp3) is 0.706. The number of hydrogen-bond donors (Lipinski definition) is 1. The van der Waals surface area contributed by atoms with Gasteiger partial charge in [-0.15, -0.1) is 0 Å². The lowest BCUT2D eigenvalue weighted by molar-refractivity contribution is -0.135. The van der Waals surface area contributed by atoms with E-state index >= 15 is 0 Å². The zero-order valence-corrected chi connectivity index (χ0v) is 13.6. The quantitative estimate of drug-likeness (QED) is 0.924. The summed E-state index contributed by atoms with van der Waals surface area (Å²) in [5.74, 6) is 1.35. The van der Waals surface area contributed by atoms with Gasteiger partial charge in [-0.1, -0.05) is 13.8 Å². The Morgan fingerprint density at radius 3 is 2.50 bits per heavy atom. The number of nitrogens with one attached hydrogen (secondary N) is 1. The Balaban J connectivity index is 1.43. The third-order valence-corrected chi connectivity index (χ3v) is 5.26. The highest BCUT2D eigenvalue weighted by molar-refractivity contribution is 5.80. The van der Waals surface area contributed by atoms with Gasteiger partial charge in [-0.05, 0) is 37.2 Å². The van der Waals surface area contributed by atoms with Crippen molar-refractivity contribution >= 4 is 5.91 Å². The molecular formula is C17H26N4O. The van der Waals surface area contributed by atoms with Crippen LogP contribution in [0, 0.1) is 11.3 Å². The molecule has 3 rings (SSSR count). The van der Waals surface area contributed by atoms with Crippen molar-refractivity contribution in [3.05, 3.63) is 24.3 Å². The molecule has 2 heterocycles. The van der Waals surface area contributed by atoms with E-state index < -0.39 is 0 Å². The summed E-state index contributed by atoms with van der Waals surface area (Å²) in [6, 6.07) is 2.17. The number of nitrogens with zero attached hydrogens (tertiary/aromatic N) is 3. The largest absolute Gasteiger partial charge is 0.353 e. The number of amides is 1. The van der Waals surface area contributed by atoms with Crippen LogP contribution in [0.15, 0.2) is 18.5 Å². The Bertz CT molecular complexity index is 509. The number of carbonyl (C=O) groups excluding carboxylic acids is 1. The Kier molecular flexibility index (Phi) is 4.43. The van der Waals surface area contributed by atoms with Crippen LogP contribution in [0.5, 0.6) is 0 Å². The fourth-order valence-electron chi connectivity index (χ4n) is 3.50. The first kappa shape index (κ1) is 15.4. The highest BCUT2D eigenvalue weighted by atomic mass is 16.2. The van der Waals surface area contributed by atoms with Gasteiger partial charge in [0.1, 0.15) is 5.82 Å². The zero-order chi connectivity index (χ0) is 15.6. The minimum Gasteiger partial charge on any atom is -0.353 e. The molecule has 120 valence electrons. The molecule has 1 atom stereocenters. The topological polar surface area (TPSA) is 58.1 Å². The van der Waals surface area contributed by atoms with Gasteiger partial charge in [0.15, 0.2) is 0 Å². The molecule has 1 aliphatic carbocycles. The molecule has 5 heteroatoms. The Morgan fingerprint density at radius 2 is 1.95 bits per heavy atom. The van der Waals surface area contributed by atoms with Crippen LogP contribution >= 0.6 is 0 Å². The van der Waals surface area contributed by atoms with Crippen molar-refractivity contribution in [3.8, 4) is 0 Å². The van der Waals surface area contributed by atoms with Gasteiger partial charge in [0.05, 0.1) is 6.54 Å². The monoisotopic (exact) mass is 302 g/mol. The molecule has 0 radical (unpaired) electrons. The van der Waals surface area contributed by atoms with E-state index in [2.05, 4.69) is 34.0 Å². The van der Waals surface area contributed by atoms with Crippen LogP contribution in [0.3, 0.4) is 0 Å². The van der Waals surface area contributed by atoms with Crippen LogP contribution in [-0.2, 0) is 11.3 Å². The van der Waals surface area contributed by atoms with E-state index in [1.807, 2.05) is 6.07 Å². The molecule has 0 aromatic carbocycles. The number of piperidine rings is 1. The van der Waals surface area contributed by atoms with Gasteiger partial charge in [-0.25, -0.2) is 9.97 Å². The van der Waals surface area contributed by atoms with E-state index in [0.29, 0.717) is 6.04 Å². The zero-order valence-electron chi connectivity index (χ0n) is 13.6. The number of likely N-dealkylation sites (tertiary alicyclic amines) is 1. The fourth-order valence-corrected chi connectivity index (χ4v) is 3.50. The number of carbonyl (C=O) groups is 1. The van der Waals surface area contributed by atoms with Gasteiger partial charge in [0, 0.05) is 37.4 Å². The maximum atomic E-state index is 12.3. The van der Waals surface area contributed by atoms with Gasteiger partial charge in [0.2, 0.25) is 5.91 Å². The third-order valence-electron chi connectivity index (χ3n) is 5.26. The van der Waals surface area contributed by atoms with Gasteiger partial charge in [0.25, 0.3) is 0 Å². The Labute approximate surface area is 132 Å². The summed E-state index contributed by atoms with van der Waals surface area (Å²) in [7, 11) is 0. The van der Waals surface area contributed by atoms with Crippen molar-refractivity contribution in [2.75, 3.05) is 13.1 Å². The second kappa shape index (κ2) is 6.32. The molecule has 1 saturated heterocycles. The van der Waals surface area contributed by atoms with Crippen molar-refractivity contribution in [2.45, 2.75) is 52.1 Å². The van der Waals surface area contributed by atoms with Crippen LogP contribution in [0.2, 0.25) is 0 Å². The number of aromatic nitrogens is 2. The number of hydrogen-bond acceptors (Lipinski definition) is 4. The predicted molar refractivity (Wildman–Crippen MR) is 85.0 cm³/mol. The summed E-state index contributed by atoms with van der Waals surface area (Å²) in [4.78, 5) is 23.3. The Morgan fingerprint density at radius 1 is 1.27 bits per heavy atom. The van der Waals surface area contributed by atoms with E-state index in [9.17, 15) is 4.79 Å². The molecule has 0 bridgehead atoms. The molecule has 1 saturated carbocycles. The maximum Gasteiger partial charge on any atom is 0.223 e. The lowest BCUT2D eigenvalue weighted by Crippen LogP contribution is -2.51. The first-order valence-electron chi connectivity index (χ1n) is 8.33. The summed E-state index contributed by atoms with van der Waals surface area (Å²) in [6.45, 7) is 7.19. The summed E-state index contributed by atoms with van der Waals surface area (Å²) in [6.07, 6.45) is 7.83. The molecule has 1 aromatic rings. The molecular weight excluding hydrogens is 276 g/mol. The summed E-state index contributed by atoms with van der Waals surface area (Å²) < 4.78 is 0. The van der Waals surface area contributed by atoms with Gasteiger partial charge in [-0.3, -0.25) is 9.69 Å². The van der Waals surface area contributed by atoms with Gasteiger partial charge < -0.3 is 5.32 Å². The van der Waals surface area contributed by atoms with Crippen molar-refractivity contribution < 1.29 is 4.79 Å². The molecule has 1 aliphatic heterocycles. The molecule has 1 amide bonds. The van der Waals surface area contributed by atoms with E-state index in [4.69, 9.17) is 0 Å². The van der Waals surface area contributed by atoms with E-state index in [0.717, 1.165) is 44.7 Å². The highest BCUT2D eigenvalue weighted by Gasteiger charge is 2.43. The van der Waals surface area contributed by atoms with Crippen LogP contribution in [0.1, 0.15) is 45.4 Å². The average molecular weight is 302 g/mol. The average Bonchev–Trinajstić information content (AvgIpc) is 2.49. The lowest BCUT2D eigenvalue weighted by atomic mass is 9.62. The van der Waals surface area contributed by atoms with Crippen molar-refractivity contribution in [1.29, 1.82) is 0 Å². The second-order valence-electron chi connectivity index (χ2n) is 7.30. The Hall–Kier alpha value is -1.49. The van der Waals surface area contributed by atoms with E-state index in [1.54, 1.807) is 12.4 Å². The van der Waals surface area contributed by atoms with Crippen molar-refractivity contribution in [3.63, 3.8) is 0 Å². The summed E-state index contributed by atoms with van der Waals surface area (Å²) in [5, 5.41) is 3.26. The van der Waals surface area contributed by atoms with Crippen molar-refractivity contribution in [2.24, 2.45) is 11.3 Å². The molecule has 22 heavy (non-hydrogen) atoms. The van der Waals surface area contributed by atoms with Crippen LogP contribution < -0.4 is 5.32 Å². The summed E-state index contributed by atoms with van der Waals surface area (Å²) >= 11 is 0. The molecule has 5 nitrogen and oxygen atoms in total. The minimum atomic E-state index is 0.190. The smallest absolute Gasteiger partial charge is 0.223 e. The van der Waals surface area contributed by atoms with Gasteiger partial charge in [-0.2, -0.15) is 0 Å². The molecule has 1 unspecified atom stereocenters. The first-order chi connectivity index (χ1) is 10.5. The minimum absolute atomic E-state index is 0.190. The first-order valence-corrected chi connectivity index (χ1v) is 8.33. The normalized spacial score (nSPS) is 25.5. The standard InChI is InChI=1S/C17H26N4O/c1-17(2)7-4-14(17)16(22)20-13-5-10-21(11-6-13)12-15-18-8-3-9-19-15/h3,8-9,13-14H,4-7,10-12H2,1-2H3,(H,20,22). The molecule has 1 N–H and O–H groups in total. The molecule has 2 aliphatic rings.